The third kappa shape index (κ3) is 3.15. The largest absolute Gasteiger partial charge is 0.384 e. The van der Waals surface area contributed by atoms with E-state index in [9.17, 15) is 8.42 Å². The van der Waals surface area contributed by atoms with E-state index in [4.69, 9.17) is 4.74 Å². The molecule has 5 heteroatoms. The molecule has 1 atom stereocenters. The molecule has 0 spiro atoms. The van der Waals surface area contributed by atoms with Crippen LogP contribution >= 0.6 is 0 Å². The van der Waals surface area contributed by atoms with E-state index >= 15 is 0 Å². The van der Waals surface area contributed by atoms with Gasteiger partial charge in [-0.2, -0.15) is 0 Å². The van der Waals surface area contributed by atoms with Crippen LogP contribution in [-0.2, 0) is 14.6 Å². The van der Waals surface area contributed by atoms with E-state index in [-0.39, 0.29) is 23.0 Å². The fraction of sp³-hybridized carbons (Fsp3) is 1.00. The first kappa shape index (κ1) is 15.8. The van der Waals surface area contributed by atoms with Gasteiger partial charge in [-0.1, -0.05) is 0 Å². The topological polar surface area (TPSA) is 55.4 Å². The van der Waals surface area contributed by atoms with Crippen LogP contribution in [0.3, 0.4) is 0 Å². The van der Waals surface area contributed by atoms with Crippen LogP contribution in [-0.4, -0.2) is 46.7 Å². The molecule has 4 nitrogen and oxygen atoms in total. The molecule has 0 amide bonds. The first-order valence-electron chi connectivity index (χ1n) is 8.33. The fourth-order valence-electron chi connectivity index (χ4n) is 5.72. The Bertz CT molecular complexity index is 439. The molecular formula is C16H29NO3S. The molecule has 1 N–H and O–H groups in total. The van der Waals surface area contributed by atoms with E-state index in [1.165, 1.54) is 38.5 Å². The van der Waals surface area contributed by atoms with Crippen molar-refractivity contribution in [3.05, 3.63) is 0 Å². The monoisotopic (exact) mass is 315 g/mol. The summed E-state index contributed by atoms with van der Waals surface area (Å²) in [5.41, 5.74) is 0.240. The van der Waals surface area contributed by atoms with Crippen LogP contribution in [0.4, 0.5) is 0 Å². The lowest BCUT2D eigenvalue weighted by molar-refractivity contribution is -0.0685. The van der Waals surface area contributed by atoms with Crippen molar-refractivity contribution in [1.29, 1.82) is 0 Å². The van der Waals surface area contributed by atoms with Gasteiger partial charge >= 0.3 is 0 Å². The van der Waals surface area contributed by atoms with Gasteiger partial charge in [-0.25, -0.2) is 8.42 Å². The summed E-state index contributed by atoms with van der Waals surface area (Å²) < 4.78 is 29.6. The minimum atomic E-state index is -3.04. The Morgan fingerprint density at radius 3 is 2.10 bits per heavy atom. The maximum Gasteiger partial charge on any atom is 0.154 e. The van der Waals surface area contributed by atoms with E-state index in [2.05, 4.69) is 5.32 Å². The molecule has 0 aromatic rings. The molecule has 4 fully saturated rings. The van der Waals surface area contributed by atoms with Gasteiger partial charge in [0.05, 0.1) is 18.1 Å². The van der Waals surface area contributed by atoms with Crippen LogP contribution in [0.5, 0.6) is 0 Å². The zero-order chi connectivity index (χ0) is 15.1. The lowest BCUT2D eigenvalue weighted by Gasteiger charge is -2.59. The first-order chi connectivity index (χ1) is 9.96. The molecule has 0 aromatic heterocycles. The molecule has 4 aliphatic rings. The Kier molecular flexibility index (Phi) is 4.37. The molecule has 4 aliphatic carbocycles. The van der Waals surface area contributed by atoms with Crippen molar-refractivity contribution in [3.8, 4) is 0 Å². The zero-order valence-electron chi connectivity index (χ0n) is 13.3. The van der Waals surface area contributed by atoms with Crippen molar-refractivity contribution in [2.24, 2.45) is 23.2 Å². The Balaban J connectivity index is 1.74. The smallest absolute Gasteiger partial charge is 0.154 e. The zero-order valence-corrected chi connectivity index (χ0v) is 14.1. The minimum Gasteiger partial charge on any atom is -0.384 e. The average Bonchev–Trinajstić information content (AvgIpc) is 2.41. The molecule has 0 aromatic carbocycles. The second kappa shape index (κ2) is 5.82. The van der Waals surface area contributed by atoms with E-state index in [1.54, 1.807) is 7.11 Å². The summed E-state index contributed by atoms with van der Waals surface area (Å²) in [6.07, 6.45) is 7.91. The number of nitrogens with one attached hydrogen (secondary N) is 1. The van der Waals surface area contributed by atoms with Gasteiger partial charge in [0.15, 0.2) is 9.84 Å². The molecule has 0 aliphatic heterocycles. The number of hydrogen-bond donors (Lipinski definition) is 1. The SMILES string of the molecule is CNC(CS(=O)(=O)CCOC)C12CC3CC(CC(C3)C1)C2. The fourth-order valence-corrected chi connectivity index (χ4v) is 7.33. The van der Waals surface area contributed by atoms with Crippen molar-refractivity contribution >= 4 is 9.84 Å². The standard InChI is InChI=1S/C16H29NO3S/c1-17-15(11-21(18,19)4-3-20-2)16-8-12-5-13(9-16)7-14(6-12)10-16/h12-15,17H,3-11H2,1-2H3. The summed E-state index contributed by atoms with van der Waals surface area (Å²) in [5.74, 6) is 2.99. The van der Waals surface area contributed by atoms with Gasteiger partial charge in [0.2, 0.25) is 0 Å². The Hall–Kier alpha value is -0.130. The highest BCUT2D eigenvalue weighted by Crippen LogP contribution is 2.61. The average molecular weight is 315 g/mol. The highest BCUT2D eigenvalue weighted by molar-refractivity contribution is 7.91. The van der Waals surface area contributed by atoms with Gasteiger partial charge in [-0.3, -0.25) is 0 Å². The second-order valence-corrected chi connectivity index (χ2v) is 9.96. The third-order valence-electron chi connectivity index (χ3n) is 6.19. The molecule has 4 saturated carbocycles. The quantitative estimate of drug-likeness (QED) is 0.779. The number of hydrogen-bond acceptors (Lipinski definition) is 4. The van der Waals surface area contributed by atoms with Gasteiger partial charge in [-0.15, -0.1) is 0 Å². The molecule has 0 saturated heterocycles. The van der Waals surface area contributed by atoms with Gasteiger partial charge in [0.25, 0.3) is 0 Å². The van der Waals surface area contributed by atoms with E-state index in [0.29, 0.717) is 6.61 Å². The molecular weight excluding hydrogens is 286 g/mol. The second-order valence-electron chi connectivity index (χ2n) is 7.73. The lowest BCUT2D eigenvalue weighted by atomic mass is 9.48. The molecule has 1 unspecified atom stereocenters. The van der Waals surface area contributed by atoms with Crippen LogP contribution in [0.25, 0.3) is 0 Å². The summed E-state index contributed by atoms with van der Waals surface area (Å²) in [6.45, 7) is 0.305. The number of rotatable bonds is 7. The summed E-state index contributed by atoms with van der Waals surface area (Å²) in [7, 11) is 0.463. The molecule has 21 heavy (non-hydrogen) atoms. The molecule has 0 heterocycles. The Morgan fingerprint density at radius 1 is 1.14 bits per heavy atom. The molecule has 4 rings (SSSR count). The third-order valence-corrected chi connectivity index (χ3v) is 7.82. The van der Waals surface area contributed by atoms with Crippen molar-refractivity contribution in [2.75, 3.05) is 32.3 Å². The highest BCUT2D eigenvalue weighted by Gasteiger charge is 2.54. The van der Waals surface area contributed by atoms with E-state index in [1.807, 2.05) is 7.05 Å². The number of ether oxygens (including phenoxy) is 1. The summed E-state index contributed by atoms with van der Waals surface area (Å²) >= 11 is 0. The predicted octanol–water partition coefficient (Wildman–Crippen LogP) is 1.85. The molecule has 122 valence electrons. The molecule has 4 bridgehead atoms. The van der Waals surface area contributed by atoms with Crippen LogP contribution in [0, 0.1) is 23.2 Å². The summed E-state index contributed by atoms with van der Waals surface area (Å²) in [6, 6.07) is 0.118. The van der Waals surface area contributed by atoms with E-state index in [0.717, 1.165) is 17.8 Å². The van der Waals surface area contributed by atoms with Crippen LogP contribution in [0.1, 0.15) is 38.5 Å². The van der Waals surface area contributed by atoms with Crippen molar-refractivity contribution in [1.82, 2.24) is 5.32 Å². The highest BCUT2D eigenvalue weighted by atomic mass is 32.2. The summed E-state index contributed by atoms with van der Waals surface area (Å²) in [4.78, 5) is 0. The Labute approximate surface area is 128 Å². The van der Waals surface area contributed by atoms with Crippen LogP contribution in [0.15, 0.2) is 0 Å². The number of sulfone groups is 1. The van der Waals surface area contributed by atoms with Gasteiger partial charge < -0.3 is 10.1 Å². The van der Waals surface area contributed by atoms with Crippen molar-refractivity contribution in [2.45, 2.75) is 44.6 Å². The van der Waals surface area contributed by atoms with Gasteiger partial charge in [0.1, 0.15) is 0 Å². The van der Waals surface area contributed by atoms with Gasteiger partial charge in [0, 0.05) is 13.2 Å². The van der Waals surface area contributed by atoms with Crippen molar-refractivity contribution < 1.29 is 13.2 Å². The maximum atomic E-state index is 12.3. The van der Waals surface area contributed by atoms with Crippen molar-refractivity contribution in [3.63, 3.8) is 0 Å². The van der Waals surface area contributed by atoms with Gasteiger partial charge in [-0.05, 0) is 68.7 Å². The normalized spacial score (nSPS) is 39.6. The minimum absolute atomic E-state index is 0.118. The predicted molar refractivity (Wildman–Crippen MR) is 84.0 cm³/mol. The molecule has 0 radical (unpaired) electrons. The number of methoxy groups -OCH3 is 1. The Morgan fingerprint density at radius 2 is 1.67 bits per heavy atom. The van der Waals surface area contributed by atoms with E-state index < -0.39 is 9.84 Å². The van der Waals surface area contributed by atoms with Crippen LogP contribution in [0.2, 0.25) is 0 Å². The summed E-state index contributed by atoms with van der Waals surface area (Å²) in [5, 5.41) is 3.37. The maximum absolute atomic E-state index is 12.3. The first-order valence-corrected chi connectivity index (χ1v) is 10.1. The lowest BCUT2D eigenvalue weighted by Crippen LogP contribution is -2.57. The van der Waals surface area contributed by atoms with Crippen LogP contribution < -0.4 is 5.32 Å².